The molecule has 0 saturated carbocycles. The Morgan fingerprint density at radius 2 is 1.90 bits per heavy atom. The number of carbonyl (C=O) groups excluding carboxylic acids is 2. The smallest absolute Gasteiger partial charge is 0.332 e. The number of hydrogen-bond donors (Lipinski definition) is 1. The lowest BCUT2D eigenvalue weighted by molar-refractivity contribution is -0.156. The molecule has 0 aliphatic rings. The molecule has 0 unspecified atom stereocenters. The number of anilines is 1. The van der Waals surface area contributed by atoms with Crippen LogP contribution in [-0.4, -0.2) is 38.2 Å². The molecule has 0 saturated heterocycles. The van der Waals surface area contributed by atoms with Gasteiger partial charge in [-0.05, 0) is 35.0 Å². The van der Waals surface area contributed by atoms with Crippen molar-refractivity contribution in [3.05, 3.63) is 72.1 Å². The van der Waals surface area contributed by atoms with Crippen LogP contribution < -0.4 is 5.32 Å². The SMILES string of the molecule is C[C@H](OC(=O)[C@@H](Cc1ccccc1)n1cnnn1)C(=O)Nc1ccc(F)c(F)c1. The van der Waals surface area contributed by atoms with E-state index in [1.54, 1.807) is 0 Å². The van der Waals surface area contributed by atoms with Gasteiger partial charge in [-0.1, -0.05) is 30.3 Å². The second-order valence-electron chi connectivity index (χ2n) is 6.19. The first-order chi connectivity index (χ1) is 13.9. The lowest BCUT2D eigenvalue weighted by atomic mass is 10.1. The minimum atomic E-state index is -1.19. The topological polar surface area (TPSA) is 99.0 Å². The Bertz CT molecular complexity index is 983. The Morgan fingerprint density at radius 3 is 2.55 bits per heavy atom. The summed E-state index contributed by atoms with van der Waals surface area (Å²) in [5.41, 5.74) is 0.891. The molecule has 1 amide bonds. The number of rotatable bonds is 7. The van der Waals surface area contributed by atoms with Gasteiger partial charge in [0.2, 0.25) is 0 Å². The summed E-state index contributed by atoms with van der Waals surface area (Å²) in [6.07, 6.45) is 0.341. The monoisotopic (exact) mass is 401 g/mol. The molecule has 2 atom stereocenters. The van der Waals surface area contributed by atoms with Crippen LogP contribution in [0.4, 0.5) is 14.5 Å². The maximum atomic E-state index is 13.3. The van der Waals surface area contributed by atoms with Crippen LogP contribution in [0.2, 0.25) is 0 Å². The number of amides is 1. The molecule has 0 spiro atoms. The molecule has 8 nitrogen and oxygen atoms in total. The second-order valence-corrected chi connectivity index (χ2v) is 6.19. The average Bonchev–Trinajstić information content (AvgIpc) is 3.24. The van der Waals surface area contributed by atoms with E-state index in [9.17, 15) is 18.4 Å². The van der Waals surface area contributed by atoms with Gasteiger partial charge in [-0.3, -0.25) is 4.79 Å². The van der Waals surface area contributed by atoms with E-state index in [4.69, 9.17) is 4.74 Å². The zero-order chi connectivity index (χ0) is 20.8. The van der Waals surface area contributed by atoms with E-state index in [0.717, 1.165) is 17.7 Å². The van der Waals surface area contributed by atoms with Gasteiger partial charge >= 0.3 is 5.97 Å². The van der Waals surface area contributed by atoms with Crippen LogP contribution in [0.15, 0.2) is 54.9 Å². The van der Waals surface area contributed by atoms with E-state index in [1.807, 2.05) is 30.3 Å². The van der Waals surface area contributed by atoms with Crippen molar-refractivity contribution in [3.8, 4) is 0 Å². The number of carbonyl (C=O) groups is 2. The number of benzene rings is 2. The fourth-order valence-corrected chi connectivity index (χ4v) is 2.56. The molecule has 29 heavy (non-hydrogen) atoms. The molecule has 3 rings (SSSR count). The Hall–Kier alpha value is -3.69. The molecule has 150 valence electrons. The average molecular weight is 401 g/mol. The first-order valence-corrected chi connectivity index (χ1v) is 8.67. The predicted octanol–water partition coefficient (Wildman–Crippen LogP) is 2.31. The summed E-state index contributed by atoms with van der Waals surface area (Å²) in [6.45, 7) is 1.37. The first kappa shape index (κ1) is 20.1. The number of aromatic nitrogens is 4. The first-order valence-electron chi connectivity index (χ1n) is 8.67. The van der Waals surface area contributed by atoms with Crippen molar-refractivity contribution in [3.63, 3.8) is 0 Å². The highest BCUT2D eigenvalue weighted by molar-refractivity contribution is 5.95. The van der Waals surface area contributed by atoms with Crippen molar-refractivity contribution < 1.29 is 23.1 Å². The summed E-state index contributed by atoms with van der Waals surface area (Å²) in [5, 5.41) is 13.2. The van der Waals surface area contributed by atoms with Crippen LogP contribution in [0.3, 0.4) is 0 Å². The van der Waals surface area contributed by atoms with Crippen LogP contribution in [0.5, 0.6) is 0 Å². The number of halogens is 2. The van der Waals surface area contributed by atoms with Crippen LogP contribution in [0, 0.1) is 11.6 Å². The molecular weight excluding hydrogens is 384 g/mol. The van der Waals surface area contributed by atoms with Crippen molar-refractivity contribution in [1.82, 2.24) is 20.2 Å². The molecule has 0 bridgehead atoms. The molecule has 1 heterocycles. The lowest BCUT2D eigenvalue weighted by Gasteiger charge is -2.19. The zero-order valence-electron chi connectivity index (χ0n) is 15.3. The van der Waals surface area contributed by atoms with Crippen molar-refractivity contribution in [1.29, 1.82) is 0 Å². The highest BCUT2D eigenvalue weighted by Crippen LogP contribution is 2.17. The summed E-state index contributed by atoms with van der Waals surface area (Å²) in [4.78, 5) is 24.9. The minimum Gasteiger partial charge on any atom is -0.451 e. The largest absolute Gasteiger partial charge is 0.451 e. The number of ether oxygens (including phenoxy) is 1. The number of nitrogens with one attached hydrogen (secondary N) is 1. The summed E-state index contributed by atoms with van der Waals surface area (Å²) in [5.74, 6) is -3.55. The minimum absolute atomic E-state index is 0.0399. The Kier molecular flexibility index (Phi) is 6.22. The van der Waals surface area contributed by atoms with Gasteiger partial charge in [0, 0.05) is 18.2 Å². The fourth-order valence-electron chi connectivity index (χ4n) is 2.56. The van der Waals surface area contributed by atoms with E-state index in [-0.39, 0.29) is 12.1 Å². The van der Waals surface area contributed by atoms with Gasteiger partial charge in [-0.15, -0.1) is 5.10 Å². The standard InChI is InChI=1S/C19H17F2N5O3/c1-12(18(27)23-14-7-8-15(20)16(21)10-14)29-19(28)17(26-11-22-24-25-26)9-13-5-3-2-4-6-13/h2-8,10-12,17H,9H2,1H3,(H,23,27)/t12-,17+/m0/s1. The van der Waals surface area contributed by atoms with E-state index in [2.05, 4.69) is 20.8 Å². The molecule has 1 aromatic heterocycles. The third kappa shape index (κ3) is 5.18. The molecule has 0 fully saturated rings. The molecule has 2 aromatic carbocycles. The molecule has 0 aliphatic carbocycles. The van der Waals surface area contributed by atoms with E-state index < -0.39 is 35.7 Å². The second kappa shape index (κ2) is 9.00. The Balaban J connectivity index is 1.67. The molecule has 3 aromatic rings. The number of esters is 1. The van der Waals surface area contributed by atoms with Gasteiger partial charge in [-0.25, -0.2) is 18.3 Å². The van der Waals surface area contributed by atoms with Gasteiger partial charge < -0.3 is 10.1 Å². The fraction of sp³-hybridized carbons (Fsp3) is 0.211. The maximum Gasteiger partial charge on any atom is 0.332 e. The highest BCUT2D eigenvalue weighted by Gasteiger charge is 2.28. The Labute approximate surface area is 164 Å². The van der Waals surface area contributed by atoms with Gasteiger partial charge in [-0.2, -0.15) is 0 Å². The zero-order valence-corrected chi connectivity index (χ0v) is 15.3. The summed E-state index contributed by atoms with van der Waals surface area (Å²) in [7, 11) is 0. The quantitative estimate of drug-likeness (QED) is 0.610. The van der Waals surface area contributed by atoms with E-state index in [1.165, 1.54) is 24.0 Å². The number of tetrazole rings is 1. The van der Waals surface area contributed by atoms with Crippen molar-refractivity contribution in [2.75, 3.05) is 5.32 Å². The van der Waals surface area contributed by atoms with Crippen molar-refractivity contribution >= 4 is 17.6 Å². The van der Waals surface area contributed by atoms with Crippen LogP contribution >= 0.6 is 0 Å². The molecule has 10 heteroatoms. The third-order valence-corrected chi connectivity index (χ3v) is 4.08. The van der Waals surface area contributed by atoms with Gasteiger partial charge in [0.1, 0.15) is 6.33 Å². The van der Waals surface area contributed by atoms with Crippen LogP contribution in [-0.2, 0) is 20.7 Å². The van der Waals surface area contributed by atoms with Gasteiger partial charge in [0.25, 0.3) is 5.91 Å². The van der Waals surface area contributed by atoms with Gasteiger partial charge in [0.15, 0.2) is 23.8 Å². The van der Waals surface area contributed by atoms with Crippen molar-refractivity contribution in [2.24, 2.45) is 0 Å². The van der Waals surface area contributed by atoms with Crippen LogP contribution in [0.1, 0.15) is 18.5 Å². The Morgan fingerprint density at radius 1 is 1.14 bits per heavy atom. The molecule has 1 N–H and O–H groups in total. The highest BCUT2D eigenvalue weighted by atomic mass is 19.2. The van der Waals surface area contributed by atoms with E-state index in [0.29, 0.717) is 0 Å². The third-order valence-electron chi connectivity index (χ3n) is 4.08. The normalized spacial score (nSPS) is 12.8. The maximum absolute atomic E-state index is 13.3. The predicted molar refractivity (Wildman–Crippen MR) is 97.5 cm³/mol. The summed E-state index contributed by atoms with van der Waals surface area (Å²) >= 11 is 0. The lowest BCUT2D eigenvalue weighted by Crippen LogP contribution is -2.34. The van der Waals surface area contributed by atoms with Crippen molar-refractivity contribution in [2.45, 2.75) is 25.5 Å². The molecule has 0 aliphatic heterocycles. The number of hydrogen-bond acceptors (Lipinski definition) is 6. The molecule has 0 radical (unpaired) electrons. The summed E-state index contributed by atoms with van der Waals surface area (Å²) in [6, 6.07) is 11.2. The summed E-state index contributed by atoms with van der Waals surface area (Å²) < 4.78 is 32.8. The van der Waals surface area contributed by atoms with E-state index >= 15 is 0 Å². The molecular formula is C19H17F2N5O3. The number of nitrogens with zero attached hydrogens (tertiary/aromatic N) is 4. The van der Waals surface area contributed by atoms with Gasteiger partial charge in [0.05, 0.1) is 0 Å². The van der Waals surface area contributed by atoms with Crippen LogP contribution in [0.25, 0.3) is 0 Å².